The number of amides is 2. The van der Waals surface area contributed by atoms with Crippen LogP contribution in [-0.2, 0) is 0 Å². The second-order valence-electron chi connectivity index (χ2n) is 14.9. The molecule has 7 rings (SSSR count). The summed E-state index contributed by atoms with van der Waals surface area (Å²) in [7, 11) is 7.62. The number of halogens is 1. The van der Waals surface area contributed by atoms with E-state index < -0.39 is 0 Å². The van der Waals surface area contributed by atoms with Crippen LogP contribution in [0.4, 0.5) is 22.7 Å². The summed E-state index contributed by atoms with van der Waals surface area (Å²) in [5, 5.41) is 6.05. The molecule has 12 heteroatoms. The lowest BCUT2D eigenvalue weighted by atomic mass is 9.94. The van der Waals surface area contributed by atoms with E-state index in [1.807, 2.05) is 92.7 Å². The van der Waals surface area contributed by atoms with E-state index in [1.54, 1.807) is 14.2 Å². The lowest BCUT2D eigenvalue weighted by Gasteiger charge is -2.35. The van der Waals surface area contributed by atoms with Gasteiger partial charge in [-0.2, -0.15) is 0 Å². The van der Waals surface area contributed by atoms with Gasteiger partial charge in [-0.25, -0.2) is 0 Å². The van der Waals surface area contributed by atoms with Crippen LogP contribution in [0.5, 0.6) is 11.5 Å². The molecule has 2 aliphatic heterocycles. The zero-order valence-corrected chi connectivity index (χ0v) is 36.6. The van der Waals surface area contributed by atoms with Gasteiger partial charge in [0.25, 0.3) is 11.8 Å². The van der Waals surface area contributed by atoms with E-state index in [4.69, 9.17) is 21.7 Å². The molecule has 2 amide bonds. The van der Waals surface area contributed by atoms with Gasteiger partial charge in [0.1, 0.15) is 11.5 Å². The number of piperazine rings is 2. The van der Waals surface area contributed by atoms with Crippen molar-refractivity contribution in [3.05, 3.63) is 123 Å². The minimum atomic E-state index is -0.127. The number of methoxy groups -OCH3 is 2. The Morgan fingerprint density at radius 3 is 1.59 bits per heavy atom. The molecular weight excluding hydrogens is 813 g/mol. The number of nitrogens with zero attached hydrogens (tertiary/aromatic N) is 4. The van der Waals surface area contributed by atoms with E-state index in [0.717, 1.165) is 125 Å². The average molecular weight is 866 g/mol. The second kappa shape index (κ2) is 19.6. The number of benzene rings is 4. The van der Waals surface area contributed by atoms with Crippen molar-refractivity contribution >= 4 is 73.1 Å². The lowest BCUT2D eigenvalue weighted by Crippen LogP contribution is -2.44. The van der Waals surface area contributed by atoms with Gasteiger partial charge in [-0.05, 0) is 123 Å². The minimum absolute atomic E-state index is 0.116. The topological polar surface area (TPSA) is 89.6 Å². The van der Waals surface area contributed by atoms with Gasteiger partial charge < -0.3 is 39.7 Å². The third-order valence-corrected chi connectivity index (χ3v) is 11.9. The van der Waals surface area contributed by atoms with Crippen molar-refractivity contribution < 1.29 is 19.1 Å². The predicted molar refractivity (Wildman–Crippen MR) is 246 cm³/mol. The van der Waals surface area contributed by atoms with Crippen LogP contribution in [0, 0.1) is 13.8 Å². The molecule has 3 aliphatic rings. The van der Waals surface area contributed by atoms with Gasteiger partial charge in [-0.15, -0.1) is 0 Å². The number of thiocarbonyl (C=S) groups is 1. The van der Waals surface area contributed by atoms with Gasteiger partial charge in [-0.1, -0.05) is 46.4 Å². The third kappa shape index (κ3) is 10.7. The summed E-state index contributed by atoms with van der Waals surface area (Å²) < 4.78 is 12.1. The van der Waals surface area contributed by atoms with E-state index in [9.17, 15) is 9.59 Å². The van der Waals surface area contributed by atoms with Crippen LogP contribution < -0.4 is 29.9 Å². The van der Waals surface area contributed by atoms with Crippen molar-refractivity contribution in [1.82, 2.24) is 9.80 Å². The number of aryl methyl sites for hydroxylation is 2. The molecule has 0 spiro atoms. The van der Waals surface area contributed by atoms with E-state index >= 15 is 0 Å². The Balaban J connectivity index is 0.000000200. The molecule has 0 bridgehead atoms. The second-order valence-corrected chi connectivity index (χ2v) is 16.3. The average Bonchev–Trinajstić information content (AvgIpc) is 3.22. The number of likely N-dealkylation sites (N-methyl/N-ethyl adjacent to an activating group) is 2. The highest BCUT2D eigenvalue weighted by atomic mass is 79.9. The van der Waals surface area contributed by atoms with Crippen LogP contribution in [-0.4, -0.2) is 107 Å². The molecule has 4 aromatic rings. The van der Waals surface area contributed by atoms with Crippen LogP contribution in [0.15, 0.2) is 95.5 Å². The standard InChI is InChI=1S/C26H29N3O2S.C20H24BrN3O2/c1-18-15-20(7-9-23(18)19-5-4-6-22(32)16-19)26(30)27-21-8-10-25(31-3)24(17-21)29-13-11-28(2)12-14-29;1-14-12-15(4-6-17(14)21)20(25)22-16-5-7-19(26-3)18(13-16)24-10-8-23(2)9-11-24/h4-5,7-10,15-17H,6,11-14H2,1-3H3,(H,27,30);4-7,12-13H,8-11H2,1-3H3,(H,22,25). The van der Waals surface area contributed by atoms with Crippen molar-refractivity contribution in [2.45, 2.75) is 20.3 Å². The summed E-state index contributed by atoms with van der Waals surface area (Å²) >= 11 is 8.81. The molecule has 2 fully saturated rings. The normalized spacial score (nSPS) is 15.9. The molecule has 0 aromatic heterocycles. The minimum Gasteiger partial charge on any atom is -0.495 e. The predicted octanol–water partition coefficient (Wildman–Crippen LogP) is 8.49. The van der Waals surface area contributed by atoms with Crippen LogP contribution in [0.2, 0.25) is 0 Å². The number of carbonyl (C=O) groups is 2. The zero-order chi connectivity index (χ0) is 41.3. The summed E-state index contributed by atoms with van der Waals surface area (Å²) in [6.07, 6.45) is 7.03. The van der Waals surface area contributed by atoms with Gasteiger partial charge in [0.2, 0.25) is 0 Å². The van der Waals surface area contributed by atoms with Crippen molar-refractivity contribution in [1.29, 1.82) is 0 Å². The van der Waals surface area contributed by atoms with Crippen molar-refractivity contribution in [2.75, 3.05) is 101 Å². The molecule has 2 heterocycles. The number of rotatable bonds is 9. The van der Waals surface area contributed by atoms with Crippen LogP contribution in [0.3, 0.4) is 0 Å². The van der Waals surface area contributed by atoms with Gasteiger partial charge in [0, 0.05) is 90.6 Å². The highest BCUT2D eigenvalue weighted by Crippen LogP contribution is 2.34. The molecule has 0 atom stereocenters. The first-order valence-corrected chi connectivity index (χ1v) is 20.8. The maximum atomic E-state index is 13.0. The molecule has 0 unspecified atom stereocenters. The summed E-state index contributed by atoms with van der Waals surface area (Å²) in [5.41, 5.74) is 9.10. The first kappa shape index (κ1) is 42.6. The maximum absolute atomic E-state index is 13.0. The molecular formula is C46H53BrN6O4S. The van der Waals surface area contributed by atoms with Crippen LogP contribution in [0.1, 0.15) is 43.8 Å². The molecule has 1 aliphatic carbocycles. The summed E-state index contributed by atoms with van der Waals surface area (Å²) in [6, 6.07) is 23.0. The lowest BCUT2D eigenvalue weighted by molar-refractivity contribution is 0.101. The fourth-order valence-corrected chi connectivity index (χ4v) is 7.67. The van der Waals surface area contributed by atoms with Crippen molar-refractivity contribution in [3.63, 3.8) is 0 Å². The summed E-state index contributed by atoms with van der Waals surface area (Å²) in [5.74, 6) is 1.40. The van der Waals surface area contributed by atoms with Gasteiger partial charge >= 0.3 is 0 Å². The number of nitrogens with one attached hydrogen (secondary N) is 2. The van der Waals surface area contributed by atoms with Crippen molar-refractivity contribution in [3.8, 4) is 11.5 Å². The fraction of sp³-hybridized carbons (Fsp3) is 0.326. The number of anilines is 4. The molecule has 2 N–H and O–H groups in total. The Morgan fingerprint density at radius 1 is 0.655 bits per heavy atom. The smallest absolute Gasteiger partial charge is 0.255 e. The van der Waals surface area contributed by atoms with E-state index in [1.165, 1.54) is 0 Å². The van der Waals surface area contributed by atoms with Crippen LogP contribution in [0.25, 0.3) is 5.57 Å². The molecule has 304 valence electrons. The van der Waals surface area contributed by atoms with Gasteiger partial charge in [0.15, 0.2) is 0 Å². The largest absolute Gasteiger partial charge is 0.495 e. The Morgan fingerprint density at radius 2 is 1.14 bits per heavy atom. The molecule has 2 saturated heterocycles. The number of allylic oxidation sites excluding steroid dienone is 4. The fourth-order valence-electron chi connectivity index (χ4n) is 7.20. The highest BCUT2D eigenvalue weighted by molar-refractivity contribution is 9.10. The molecule has 10 nitrogen and oxygen atoms in total. The Kier molecular flexibility index (Phi) is 14.4. The number of hydrogen-bond donors (Lipinski definition) is 2. The maximum Gasteiger partial charge on any atom is 0.255 e. The molecule has 0 radical (unpaired) electrons. The number of ether oxygens (including phenoxy) is 2. The van der Waals surface area contributed by atoms with Gasteiger partial charge in [0.05, 0.1) is 25.6 Å². The SMILES string of the molecule is COc1ccc(NC(=O)c2ccc(Br)c(C)c2)cc1N1CCN(C)CC1.COc1ccc(NC(=O)c2ccc(C3=CC(=S)CC=C3)c(C)c2)cc1N1CCN(C)CC1. The monoisotopic (exact) mass is 864 g/mol. The highest BCUT2D eigenvalue weighted by Gasteiger charge is 2.21. The number of hydrogen-bond acceptors (Lipinski definition) is 9. The number of carbonyl (C=O) groups excluding carboxylic acids is 2. The molecule has 4 aromatic carbocycles. The third-order valence-electron chi connectivity index (χ3n) is 10.7. The molecule has 58 heavy (non-hydrogen) atoms. The quantitative estimate of drug-likeness (QED) is 0.161. The first-order valence-electron chi connectivity index (χ1n) is 19.6. The Hall–Kier alpha value is -5.01. The molecule has 0 saturated carbocycles. The van der Waals surface area contributed by atoms with Crippen molar-refractivity contribution in [2.24, 2.45) is 0 Å². The Labute approximate surface area is 356 Å². The van der Waals surface area contributed by atoms with Crippen LogP contribution >= 0.6 is 28.1 Å². The Bertz CT molecular complexity index is 2210. The van der Waals surface area contributed by atoms with Gasteiger partial charge in [-0.3, -0.25) is 9.59 Å². The summed E-state index contributed by atoms with van der Waals surface area (Å²) in [4.78, 5) is 35.7. The van der Waals surface area contributed by atoms with E-state index in [2.05, 4.69) is 72.4 Å². The summed E-state index contributed by atoms with van der Waals surface area (Å²) in [6.45, 7) is 11.8. The van der Waals surface area contributed by atoms with E-state index in [0.29, 0.717) is 11.1 Å². The first-order chi connectivity index (χ1) is 27.9. The zero-order valence-electron chi connectivity index (χ0n) is 34.2. The van der Waals surface area contributed by atoms with E-state index in [-0.39, 0.29) is 11.8 Å².